The van der Waals surface area contributed by atoms with Gasteiger partial charge in [0.05, 0.1) is 21.6 Å². The minimum absolute atomic E-state index is 0.0761. The van der Waals surface area contributed by atoms with Crippen LogP contribution < -0.4 is 5.32 Å². The van der Waals surface area contributed by atoms with Gasteiger partial charge in [0, 0.05) is 35.6 Å². The van der Waals surface area contributed by atoms with Crippen LogP contribution in [0.5, 0.6) is 0 Å². The Balaban J connectivity index is 1.69. The second kappa shape index (κ2) is 6.86. The van der Waals surface area contributed by atoms with Crippen LogP contribution in [0.25, 0.3) is 16.2 Å². The zero-order chi connectivity index (χ0) is 18.9. The van der Waals surface area contributed by atoms with Gasteiger partial charge in [0.15, 0.2) is 5.65 Å². The van der Waals surface area contributed by atoms with E-state index in [2.05, 4.69) is 54.1 Å². The summed E-state index contributed by atoms with van der Waals surface area (Å²) in [5.74, 6) is 7.27. The number of thiophene rings is 1. The van der Waals surface area contributed by atoms with Crippen molar-refractivity contribution in [2.45, 2.75) is 26.3 Å². The molecule has 0 saturated carbocycles. The second-order valence-electron chi connectivity index (χ2n) is 7.16. The van der Waals surface area contributed by atoms with E-state index in [1.54, 1.807) is 29.9 Å². The fourth-order valence-corrected chi connectivity index (χ4v) is 3.45. The fourth-order valence-electron chi connectivity index (χ4n) is 2.63. The van der Waals surface area contributed by atoms with E-state index in [1.807, 2.05) is 34.8 Å². The Morgan fingerprint density at radius 2 is 1.96 bits per heavy atom. The van der Waals surface area contributed by atoms with Crippen LogP contribution in [-0.2, 0) is 0 Å². The van der Waals surface area contributed by atoms with E-state index < -0.39 is 0 Å². The number of nitrogens with zero attached hydrogens (tertiary/aromatic N) is 4. The first-order chi connectivity index (χ1) is 13.0. The zero-order valence-corrected chi connectivity index (χ0v) is 16.2. The average Bonchev–Trinajstić information content (AvgIpc) is 3.29. The molecule has 4 aromatic heterocycles. The smallest absolute Gasteiger partial charge is 0.158 e. The fraction of sp³-hybridized carbons (Fsp3) is 0.190. The summed E-state index contributed by atoms with van der Waals surface area (Å²) < 4.78 is 1.82. The van der Waals surface area contributed by atoms with Crippen molar-refractivity contribution in [3.63, 3.8) is 0 Å². The van der Waals surface area contributed by atoms with Crippen LogP contribution in [0.1, 0.15) is 31.2 Å². The number of pyridine rings is 1. The molecule has 5 nitrogen and oxygen atoms in total. The normalized spacial score (nSPS) is 11.2. The van der Waals surface area contributed by atoms with Crippen molar-refractivity contribution < 1.29 is 0 Å². The van der Waals surface area contributed by atoms with Gasteiger partial charge in [-0.1, -0.05) is 11.8 Å². The molecule has 134 valence electrons. The Kier molecular flexibility index (Phi) is 4.38. The summed E-state index contributed by atoms with van der Waals surface area (Å²) in [6.07, 6.45) is 5.27. The van der Waals surface area contributed by atoms with Gasteiger partial charge >= 0.3 is 0 Å². The van der Waals surface area contributed by atoms with Crippen LogP contribution in [0.3, 0.4) is 0 Å². The first kappa shape index (κ1) is 17.3. The van der Waals surface area contributed by atoms with Gasteiger partial charge in [0.25, 0.3) is 0 Å². The Morgan fingerprint density at radius 3 is 2.74 bits per heavy atom. The van der Waals surface area contributed by atoms with Crippen LogP contribution in [0.2, 0.25) is 0 Å². The van der Waals surface area contributed by atoms with Crippen LogP contribution in [-0.4, -0.2) is 25.1 Å². The quantitative estimate of drug-likeness (QED) is 0.527. The van der Waals surface area contributed by atoms with Gasteiger partial charge in [0.1, 0.15) is 5.82 Å². The average molecular weight is 373 g/mol. The molecule has 4 aromatic rings. The Morgan fingerprint density at radius 1 is 1.07 bits per heavy atom. The molecule has 27 heavy (non-hydrogen) atoms. The maximum atomic E-state index is 4.74. The van der Waals surface area contributed by atoms with Crippen molar-refractivity contribution in [2.24, 2.45) is 0 Å². The van der Waals surface area contributed by atoms with Gasteiger partial charge in [-0.2, -0.15) is 9.61 Å². The van der Waals surface area contributed by atoms with Crippen molar-refractivity contribution in [1.29, 1.82) is 0 Å². The van der Waals surface area contributed by atoms with Crippen LogP contribution in [0, 0.1) is 11.8 Å². The highest BCUT2D eigenvalue weighted by Gasteiger charge is 2.15. The van der Waals surface area contributed by atoms with Gasteiger partial charge in [-0.25, -0.2) is 4.98 Å². The number of hydrogen-bond acceptors (Lipinski definition) is 5. The number of fused-ring (bicyclic) bond motifs is 1. The van der Waals surface area contributed by atoms with Gasteiger partial charge < -0.3 is 5.32 Å². The summed E-state index contributed by atoms with van der Waals surface area (Å²) in [6, 6.07) is 11.9. The summed E-state index contributed by atoms with van der Waals surface area (Å²) in [5, 5.41) is 7.88. The molecule has 0 saturated heterocycles. The highest BCUT2D eigenvalue weighted by molar-refractivity contribution is 7.16. The van der Waals surface area contributed by atoms with Crippen molar-refractivity contribution in [1.82, 2.24) is 19.6 Å². The minimum atomic E-state index is -0.0761. The molecule has 4 heterocycles. The van der Waals surface area contributed by atoms with Crippen molar-refractivity contribution >= 4 is 22.8 Å². The molecule has 0 fully saturated rings. The molecular weight excluding hydrogens is 354 g/mol. The maximum absolute atomic E-state index is 4.74. The van der Waals surface area contributed by atoms with E-state index in [0.717, 1.165) is 32.5 Å². The third kappa shape index (κ3) is 3.99. The van der Waals surface area contributed by atoms with E-state index in [4.69, 9.17) is 4.98 Å². The van der Waals surface area contributed by atoms with Gasteiger partial charge in [-0.15, -0.1) is 11.3 Å². The second-order valence-corrected chi connectivity index (χ2v) is 8.24. The van der Waals surface area contributed by atoms with Gasteiger partial charge in [-0.05, 0) is 45.0 Å². The highest BCUT2D eigenvalue weighted by atomic mass is 32.1. The van der Waals surface area contributed by atoms with Crippen LogP contribution in [0.4, 0.5) is 5.82 Å². The Hall–Kier alpha value is -3.17. The summed E-state index contributed by atoms with van der Waals surface area (Å²) >= 11 is 1.63. The van der Waals surface area contributed by atoms with E-state index in [0.29, 0.717) is 0 Å². The predicted molar refractivity (Wildman–Crippen MR) is 110 cm³/mol. The van der Waals surface area contributed by atoms with Gasteiger partial charge in [0.2, 0.25) is 0 Å². The maximum Gasteiger partial charge on any atom is 0.158 e. The van der Waals surface area contributed by atoms with Gasteiger partial charge in [-0.3, -0.25) is 4.98 Å². The van der Waals surface area contributed by atoms with Crippen molar-refractivity contribution in [2.75, 3.05) is 5.32 Å². The first-order valence-corrected chi connectivity index (χ1v) is 9.45. The summed E-state index contributed by atoms with van der Waals surface area (Å²) in [7, 11) is 0. The van der Waals surface area contributed by atoms with E-state index in [1.165, 1.54) is 0 Å². The van der Waals surface area contributed by atoms with E-state index >= 15 is 0 Å². The highest BCUT2D eigenvalue weighted by Crippen LogP contribution is 2.29. The SMILES string of the molecule is CC(C)(C)Nc1cc(-c2ccc(C#Cc3cccnc3)s2)nc2ccnn12. The lowest BCUT2D eigenvalue weighted by molar-refractivity contribution is 0.625. The largest absolute Gasteiger partial charge is 0.365 e. The number of nitrogens with one attached hydrogen (secondary N) is 1. The van der Waals surface area contributed by atoms with Crippen molar-refractivity contribution in [3.8, 4) is 22.4 Å². The molecule has 0 aliphatic rings. The molecule has 4 rings (SSSR count). The van der Waals surface area contributed by atoms with Crippen LogP contribution in [0.15, 0.2) is 55.0 Å². The standard InChI is InChI=1S/C21H19N5S/c1-21(2,3)25-20-13-17(24-19-10-12-23-26(19)20)18-9-8-16(27-18)7-6-15-5-4-11-22-14-15/h4-5,8-14,25H,1-3H3. The number of rotatable bonds is 2. The molecule has 0 spiro atoms. The Bertz CT molecular complexity index is 1140. The topological polar surface area (TPSA) is 55.1 Å². The molecule has 6 heteroatoms. The number of anilines is 1. The molecule has 0 radical (unpaired) electrons. The molecule has 0 aliphatic carbocycles. The van der Waals surface area contributed by atoms with E-state index in [9.17, 15) is 0 Å². The van der Waals surface area contributed by atoms with Crippen LogP contribution >= 0.6 is 11.3 Å². The summed E-state index contributed by atoms with van der Waals surface area (Å²) in [4.78, 5) is 10.9. The molecule has 0 atom stereocenters. The lowest BCUT2D eigenvalue weighted by Crippen LogP contribution is -2.27. The monoisotopic (exact) mass is 373 g/mol. The molecule has 0 aliphatic heterocycles. The zero-order valence-electron chi connectivity index (χ0n) is 15.4. The third-order valence-corrected chi connectivity index (χ3v) is 4.74. The molecular formula is C21H19N5S. The summed E-state index contributed by atoms with van der Waals surface area (Å²) in [6.45, 7) is 6.37. The lowest BCUT2D eigenvalue weighted by Gasteiger charge is -2.22. The minimum Gasteiger partial charge on any atom is -0.365 e. The molecule has 0 amide bonds. The summed E-state index contributed by atoms with van der Waals surface area (Å²) in [5.41, 5.74) is 2.56. The predicted octanol–water partition coefficient (Wildman–Crippen LogP) is 4.46. The van der Waals surface area contributed by atoms with E-state index in [-0.39, 0.29) is 5.54 Å². The molecule has 1 N–H and O–H groups in total. The molecule has 0 unspecified atom stereocenters. The third-order valence-electron chi connectivity index (χ3n) is 3.71. The Labute approximate surface area is 162 Å². The first-order valence-electron chi connectivity index (χ1n) is 8.63. The number of hydrogen-bond donors (Lipinski definition) is 1. The molecule has 0 bridgehead atoms. The van der Waals surface area contributed by atoms with Crippen molar-refractivity contribution in [3.05, 3.63) is 65.4 Å². The number of aromatic nitrogens is 4. The lowest BCUT2D eigenvalue weighted by atomic mass is 10.1. The molecule has 0 aromatic carbocycles.